The van der Waals surface area contributed by atoms with Gasteiger partial charge in [-0.15, -0.1) is 0 Å². The molecule has 0 saturated carbocycles. The van der Waals surface area contributed by atoms with Crippen molar-refractivity contribution in [2.45, 2.75) is 53.6 Å². The molecule has 0 fully saturated rings. The van der Waals surface area contributed by atoms with E-state index in [-0.39, 0.29) is 0 Å². The molecule has 0 heterocycles. The Morgan fingerprint density at radius 2 is 1.77 bits per heavy atom. The van der Waals surface area contributed by atoms with Crippen LogP contribution in [-0.2, 0) is 4.74 Å². The Labute approximate surface area is 84.1 Å². The van der Waals surface area contributed by atoms with Crippen LogP contribution < -0.4 is 5.32 Å². The SMILES string of the molecule is CC.CCNCCCCOC(C)C. The summed E-state index contributed by atoms with van der Waals surface area (Å²) < 4.78 is 5.39. The Morgan fingerprint density at radius 3 is 2.23 bits per heavy atom. The highest BCUT2D eigenvalue weighted by molar-refractivity contribution is 4.45. The number of ether oxygens (including phenoxy) is 1. The first-order chi connectivity index (χ1) is 6.27. The van der Waals surface area contributed by atoms with Crippen molar-refractivity contribution in [3.8, 4) is 0 Å². The molecule has 0 amide bonds. The van der Waals surface area contributed by atoms with Crippen molar-refractivity contribution in [3.63, 3.8) is 0 Å². The van der Waals surface area contributed by atoms with E-state index in [1.54, 1.807) is 0 Å². The second kappa shape index (κ2) is 14.4. The van der Waals surface area contributed by atoms with Crippen molar-refractivity contribution in [1.29, 1.82) is 0 Å². The van der Waals surface area contributed by atoms with Crippen LogP contribution in [0.1, 0.15) is 47.5 Å². The monoisotopic (exact) mass is 189 g/mol. The summed E-state index contributed by atoms with van der Waals surface area (Å²) in [6.07, 6.45) is 2.78. The molecule has 1 N–H and O–H groups in total. The maximum atomic E-state index is 5.39. The van der Waals surface area contributed by atoms with Gasteiger partial charge in [-0.25, -0.2) is 0 Å². The molecule has 0 aliphatic carbocycles. The fourth-order valence-corrected chi connectivity index (χ4v) is 0.848. The highest BCUT2D eigenvalue weighted by Gasteiger charge is 1.91. The summed E-state index contributed by atoms with van der Waals surface area (Å²) >= 11 is 0. The van der Waals surface area contributed by atoms with Crippen LogP contribution in [0.4, 0.5) is 0 Å². The zero-order valence-electron chi connectivity index (χ0n) is 10.0. The fraction of sp³-hybridized carbons (Fsp3) is 1.00. The predicted molar refractivity (Wildman–Crippen MR) is 60.2 cm³/mol. The molecular weight excluding hydrogens is 162 g/mol. The van der Waals surface area contributed by atoms with Gasteiger partial charge in [0.2, 0.25) is 0 Å². The quantitative estimate of drug-likeness (QED) is 0.622. The van der Waals surface area contributed by atoms with E-state index < -0.39 is 0 Å². The lowest BCUT2D eigenvalue weighted by molar-refractivity contribution is 0.0761. The molecule has 0 bridgehead atoms. The molecule has 0 aromatic rings. The molecule has 0 atom stereocenters. The van der Waals surface area contributed by atoms with E-state index in [4.69, 9.17) is 4.74 Å². The first-order valence-electron chi connectivity index (χ1n) is 5.59. The van der Waals surface area contributed by atoms with Crippen molar-refractivity contribution >= 4 is 0 Å². The third kappa shape index (κ3) is 18.7. The van der Waals surface area contributed by atoms with Gasteiger partial charge < -0.3 is 10.1 Å². The standard InChI is InChI=1S/C9H21NO.C2H6/c1-4-10-7-5-6-8-11-9(2)3;1-2/h9-10H,4-8H2,1-3H3;1-2H3. The summed E-state index contributed by atoms with van der Waals surface area (Å²) in [4.78, 5) is 0. The molecule has 0 radical (unpaired) electrons. The fourth-order valence-electron chi connectivity index (χ4n) is 0.848. The van der Waals surface area contributed by atoms with Crippen LogP contribution in [0.25, 0.3) is 0 Å². The minimum atomic E-state index is 0.383. The summed E-state index contributed by atoms with van der Waals surface area (Å²) in [6.45, 7) is 13.4. The molecule has 2 heteroatoms. The van der Waals surface area contributed by atoms with Gasteiger partial charge in [0.25, 0.3) is 0 Å². The molecule has 13 heavy (non-hydrogen) atoms. The lowest BCUT2D eigenvalue weighted by atomic mass is 10.3. The number of unbranched alkanes of at least 4 members (excludes halogenated alkanes) is 1. The highest BCUT2D eigenvalue weighted by atomic mass is 16.5. The van der Waals surface area contributed by atoms with Crippen LogP contribution in [0.3, 0.4) is 0 Å². The maximum absolute atomic E-state index is 5.39. The second-order valence-electron chi connectivity index (χ2n) is 2.98. The molecule has 0 unspecified atom stereocenters. The van der Waals surface area contributed by atoms with Crippen LogP contribution in [-0.4, -0.2) is 25.8 Å². The van der Waals surface area contributed by atoms with Gasteiger partial charge >= 0.3 is 0 Å². The van der Waals surface area contributed by atoms with Gasteiger partial charge in [0.1, 0.15) is 0 Å². The van der Waals surface area contributed by atoms with E-state index in [1.807, 2.05) is 13.8 Å². The molecule has 0 rings (SSSR count). The maximum Gasteiger partial charge on any atom is 0.0518 e. The van der Waals surface area contributed by atoms with Crippen molar-refractivity contribution in [2.24, 2.45) is 0 Å². The summed E-state index contributed by atoms with van der Waals surface area (Å²) in [5, 5.41) is 3.28. The average molecular weight is 189 g/mol. The topological polar surface area (TPSA) is 21.3 Å². The van der Waals surface area contributed by atoms with Gasteiger partial charge in [-0.2, -0.15) is 0 Å². The Hall–Kier alpha value is -0.0800. The first-order valence-corrected chi connectivity index (χ1v) is 5.59. The molecule has 82 valence electrons. The summed E-state index contributed by atoms with van der Waals surface area (Å²) in [6, 6.07) is 0. The van der Waals surface area contributed by atoms with E-state index >= 15 is 0 Å². The summed E-state index contributed by atoms with van der Waals surface area (Å²) in [5.41, 5.74) is 0. The third-order valence-corrected chi connectivity index (χ3v) is 1.45. The molecular formula is C11H27NO. The van der Waals surface area contributed by atoms with Gasteiger partial charge in [0.05, 0.1) is 6.10 Å². The molecule has 0 spiro atoms. The molecule has 0 aromatic carbocycles. The predicted octanol–water partition coefficient (Wildman–Crippen LogP) is 2.83. The van der Waals surface area contributed by atoms with Crippen molar-refractivity contribution in [3.05, 3.63) is 0 Å². The zero-order valence-corrected chi connectivity index (χ0v) is 10.0. The third-order valence-electron chi connectivity index (χ3n) is 1.45. The van der Waals surface area contributed by atoms with Gasteiger partial charge in [0.15, 0.2) is 0 Å². The number of rotatable bonds is 7. The van der Waals surface area contributed by atoms with E-state index in [9.17, 15) is 0 Å². The normalized spacial score (nSPS) is 9.69. The van der Waals surface area contributed by atoms with Gasteiger partial charge in [-0.1, -0.05) is 20.8 Å². The lowest BCUT2D eigenvalue weighted by Crippen LogP contribution is -2.14. The Kier molecular flexibility index (Phi) is 17.1. The van der Waals surface area contributed by atoms with Crippen LogP contribution in [0.5, 0.6) is 0 Å². The number of hydrogen-bond donors (Lipinski definition) is 1. The molecule has 0 aliphatic heterocycles. The second-order valence-corrected chi connectivity index (χ2v) is 2.98. The summed E-state index contributed by atoms with van der Waals surface area (Å²) in [7, 11) is 0. The van der Waals surface area contributed by atoms with E-state index in [2.05, 4.69) is 26.1 Å². The smallest absolute Gasteiger partial charge is 0.0518 e. The van der Waals surface area contributed by atoms with Gasteiger partial charge in [-0.3, -0.25) is 0 Å². The average Bonchev–Trinajstić information content (AvgIpc) is 2.14. The van der Waals surface area contributed by atoms with Crippen LogP contribution >= 0.6 is 0 Å². The number of nitrogens with one attached hydrogen (secondary N) is 1. The number of hydrogen-bond acceptors (Lipinski definition) is 2. The minimum absolute atomic E-state index is 0.383. The Bertz CT molecular complexity index is 74.5. The minimum Gasteiger partial charge on any atom is -0.379 e. The van der Waals surface area contributed by atoms with Gasteiger partial charge in [0, 0.05) is 6.61 Å². The largest absolute Gasteiger partial charge is 0.379 e. The van der Waals surface area contributed by atoms with Crippen molar-refractivity contribution < 1.29 is 4.74 Å². The Morgan fingerprint density at radius 1 is 1.15 bits per heavy atom. The summed E-state index contributed by atoms with van der Waals surface area (Å²) in [5.74, 6) is 0. The van der Waals surface area contributed by atoms with E-state index in [1.165, 1.54) is 12.8 Å². The Balaban J connectivity index is 0. The van der Waals surface area contributed by atoms with Crippen LogP contribution in [0, 0.1) is 0 Å². The van der Waals surface area contributed by atoms with E-state index in [0.717, 1.165) is 19.7 Å². The van der Waals surface area contributed by atoms with Crippen LogP contribution in [0.15, 0.2) is 0 Å². The van der Waals surface area contributed by atoms with Crippen molar-refractivity contribution in [1.82, 2.24) is 5.32 Å². The highest BCUT2D eigenvalue weighted by Crippen LogP contribution is 1.92. The molecule has 0 aliphatic rings. The van der Waals surface area contributed by atoms with Gasteiger partial charge in [-0.05, 0) is 39.8 Å². The molecule has 0 aromatic heterocycles. The zero-order chi connectivity index (χ0) is 10.5. The van der Waals surface area contributed by atoms with Crippen LogP contribution in [0.2, 0.25) is 0 Å². The molecule has 2 nitrogen and oxygen atoms in total. The molecule has 0 saturated heterocycles. The van der Waals surface area contributed by atoms with Crippen molar-refractivity contribution in [2.75, 3.05) is 19.7 Å². The van der Waals surface area contributed by atoms with E-state index in [0.29, 0.717) is 6.10 Å². The first kappa shape index (κ1) is 15.4. The lowest BCUT2D eigenvalue weighted by Gasteiger charge is -2.06.